The van der Waals surface area contributed by atoms with E-state index in [0.717, 1.165) is 26.2 Å². The van der Waals surface area contributed by atoms with Crippen LogP contribution >= 0.6 is 0 Å². The van der Waals surface area contributed by atoms with Gasteiger partial charge in [-0.05, 0) is 33.0 Å². The zero-order chi connectivity index (χ0) is 15.6. The first-order valence-electron chi connectivity index (χ1n) is 9.41. The summed E-state index contributed by atoms with van der Waals surface area (Å²) < 4.78 is 0. The molecule has 0 aromatic carbocycles. The third-order valence-electron chi connectivity index (χ3n) is 3.97. The molecule has 128 valence electrons. The fourth-order valence-electron chi connectivity index (χ4n) is 2.50. The van der Waals surface area contributed by atoms with Gasteiger partial charge in [0, 0.05) is 26.2 Å². The number of hydrogen-bond donors (Lipinski definition) is 2. The SMILES string of the molecule is CCCCCCCCCCN(C)CCNCCNCCC. The molecule has 0 saturated heterocycles. The Morgan fingerprint density at radius 1 is 0.571 bits per heavy atom. The molecule has 0 saturated carbocycles. The monoisotopic (exact) mass is 299 g/mol. The van der Waals surface area contributed by atoms with Crippen LogP contribution in [0.25, 0.3) is 0 Å². The molecule has 2 N–H and O–H groups in total. The molecule has 0 spiro atoms. The van der Waals surface area contributed by atoms with E-state index in [9.17, 15) is 0 Å². The van der Waals surface area contributed by atoms with Crippen LogP contribution < -0.4 is 10.6 Å². The topological polar surface area (TPSA) is 27.3 Å². The number of nitrogens with one attached hydrogen (secondary N) is 2. The van der Waals surface area contributed by atoms with E-state index < -0.39 is 0 Å². The molecule has 0 heterocycles. The molecule has 0 aliphatic heterocycles. The second-order valence-electron chi connectivity index (χ2n) is 6.28. The van der Waals surface area contributed by atoms with E-state index in [2.05, 4.69) is 36.4 Å². The van der Waals surface area contributed by atoms with Crippen molar-refractivity contribution in [3.05, 3.63) is 0 Å². The standard InChI is InChI=1S/C18H41N3/c1-4-6-7-8-9-10-11-12-17-21(3)18-16-20-15-14-19-13-5-2/h19-20H,4-18H2,1-3H3. The normalized spacial score (nSPS) is 11.4. The Bertz CT molecular complexity index is 185. The average molecular weight is 300 g/mol. The van der Waals surface area contributed by atoms with Crippen LogP contribution in [0.3, 0.4) is 0 Å². The molecule has 0 bridgehead atoms. The number of hydrogen-bond acceptors (Lipinski definition) is 3. The molecule has 0 atom stereocenters. The lowest BCUT2D eigenvalue weighted by Crippen LogP contribution is -2.34. The van der Waals surface area contributed by atoms with Crippen molar-refractivity contribution in [2.45, 2.75) is 71.6 Å². The quantitative estimate of drug-likeness (QED) is 0.401. The number of rotatable bonds is 17. The minimum absolute atomic E-state index is 1.09. The number of unbranched alkanes of at least 4 members (excludes halogenated alkanes) is 7. The highest BCUT2D eigenvalue weighted by Gasteiger charge is 1.98. The molecular formula is C18H41N3. The maximum absolute atomic E-state index is 3.50. The van der Waals surface area contributed by atoms with E-state index in [0.29, 0.717) is 0 Å². The highest BCUT2D eigenvalue weighted by molar-refractivity contribution is 4.57. The Kier molecular flexibility index (Phi) is 17.8. The fourth-order valence-corrected chi connectivity index (χ4v) is 2.50. The Morgan fingerprint density at radius 2 is 1.14 bits per heavy atom. The molecule has 0 radical (unpaired) electrons. The highest BCUT2D eigenvalue weighted by atomic mass is 15.1. The van der Waals surface area contributed by atoms with Gasteiger partial charge in [0.05, 0.1) is 0 Å². The van der Waals surface area contributed by atoms with Crippen molar-refractivity contribution in [3.63, 3.8) is 0 Å². The van der Waals surface area contributed by atoms with Gasteiger partial charge in [0.25, 0.3) is 0 Å². The van der Waals surface area contributed by atoms with Crippen LogP contribution in [0.15, 0.2) is 0 Å². The van der Waals surface area contributed by atoms with Crippen LogP contribution in [0, 0.1) is 0 Å². The first-order chi connectivity index (χ1) is 10.3. The molecule has 0 amide bonds. The molecular weight excluding hydrogens is 258 g/mol. The van der Waals surface area contributed by atoms with E-state index >= 15 is 0 Å². The van der Waals surface area contributed by atoms with Crippen LogP contribution in [0.1, 0.15) is 71.6 Å². The minimum Gasteiger partial charge on any atom is -0.315 e. The largest absolute Gasteiger partial charge is 0.315 e. The summed E-state index contributed by atoms with van der Waals surface area (Å²) in [5.74, 6) is 0. The lowest BCUT2D eigenvalue weighted by molar-refractivity contribution is 0.321. The summed E-state index contributed by atoms with van der Waals surface area (Å²) in [7, 11) is 2.25. The van der Waals surface area contributed by atoms with Gasteiger partial charge in [-0.25, -0.2) is 0 Å². The first kappa shape index (κ1) is 20.9. The van der Waals surface area contributed by atoms with Gasteiger partial charge in [-0.15, -0.1) is 0 Å². The Morgan fingerprint density at radius 3 is 1.76 bits per heavy atom. The molecule has 0 aliphatic carbocycles. The molecule has 21 heavy (non-hydrogen) atoms. The smallest absolute Gasteiger partial charge is 0.0104 e. The Hall–Kier alpha value is -0.120. The molecule has 0 unspecified atom stereocenters. The molecule has 3 nitrogen and oxygen atoms in total. The van der Waals surface area contributed by atoms with E-state index in [1.165, 1.54) is 70.9 Å². The summed E-state index contributed by atoms with van der Waals surface area (Å²) in [5, 5.41) is 6.91. The lowest BCUT2D eigenvalue weighted by atomic mass is 10.1. The van der Waals surface area contributed by atoms with Crippen molar-refractivity contribution in [2.24, 2.45) is 0 Å². The summed E-state index contributed by atoms with van der Waals surface area (Å²) in [5.41, 5.74) is 0. The van der Waals surface area contributed by atoms with E-state index in [1.54, 1.807) is 0 Å². The molecule has 0 aromatic heterocycles. The lowest BCUT2D eigenvalue weighted by Gasteiger charge is -2.16. The van der Waals surface area contributed by atoms with E-state index in [1.807, 2.05) is 0 Å². The van der Waals surface area contributed by atoms with Crippen molar-refractivity contribution in [1.29, 1.82) is 0 Å². The van der Waals surface area contributed by atoms with Gasteiger partial charge in [0.1, 0.15) is 0 Å². The molecule has 0 rings (SSSR count). The summed E-state index contributed by atoms with van der Waals surface area (Å²) in [4.78, 5) is 2.46. The van der Waals surface area contributed by atoms with Gasteiger partial charge in [0.2, 0.25) is 0 Å². The fraction of sp³-hybridized carbons (Fsp3) is 1.00. The Balaban J connectivity index is 3.11. The van der Waals surface area contributed by atoms with Gasteiger partial charge >= 0.3 is 0 Å². The van der Waals surface area contributed by atoms with Crippen molar-refractivity contribution in [1.82, 2.24) is 15.5 Å². The average Bonchev–Trinajstić information content (AvgIpc) is 2.49. The second-order valence-corrected chi connectivity index (χ2v) is 6.28. The third-order valence-corrected chi connectivity index (χ3v) is 3.97. The van der Waals surface area contributed by atoms with Crippen LogP contribution in [-0.2, 0) is 0 Å². The van der Waals surface area contributed by atoms with Gasteiger partial charge < -0.3 is 15.5 Å². The zero-order valence-corrected chi connectivity index (χ0v) is 15.1. The predicted octanol–water partition coefficient (Wildman–Crippen LogP) is 3.65. The number of likely N-dealkylation sites (N-methyl/N-ethyl adjacent to an activating group) is 1. The van der Waals surface area contributed by atoms with Crippen molar-refractivity contribution in [2.75, 3.05) is 46.3 Å². The van der Waals surface area contributed by atoms with Gasteiger partial charge in [-0.1, -0.05) is 58.8 Å². The van der Waals surface area contributed by atoms with Crippen LogP contribution in [0.5, 0.6) is 0 Å². The Labute approximate surface area is 134 Å². The van der Waals surface area contributed by atoms with E-state index in [-0.39, 0.29) is 0 Å². The first-order valence-corrected chi connectivity index (χ1v) is 9.41. The second kappa shape index (κ2) is 17.9. The van der Waals surface area contributed by atoms with Gasteiger partial charge in [-0.2, -0.15) is 0 Å². The summed E-state index contributed by atoms with van der Waals surface area (Å²) in [6.45, 7) is 11.4. The highest BCUT2D eigenvalue weighted by Crippen LogP contribution is 2.08. The van der Waals surface area contributed by atoms with Crippen molar-refractivity contribution >= 4 is 0 Å². The van der Waals surface area contributed by atoms with Crippen LogP contribution in [0.4, 0.5) is 0 Å². The third kappa shape index (κ3) is 17.8. The molecule has 3 heteroatoms. The van der Waals surface area contributed by atoms with Crippen molar-refractivity contribution < 1.29 is 0 Å². The zero-order valence-electron chi connectivity index (χ0n) is 15.1. The van der Waals surface area contributed by atoms with Gasteiger partial charge in [-0.3, -0.25) is 0 Å². The minimum atomic E-state index is 1.09. The maximum Gasteiger partial charge on any atom is 0.0104 e. The van der Waals surface area contributed by atoms with Crippen molar-refractivity contribution in [3.8, 4) is 0 Å². The van der Waals surface area contributed by atoms with Crippen LogP contribution in [-0.4, -0.2) is 51.2 Å². The molecule has 0 aromatic rings. The summed E-state index contributed by atoms with van der Waals surface area (Å²) >= 11 is 0. The van der Waals surface area contributed by atoms with E-state index in [4.69, 9.17) is 0 Å². The van der Waals surface area contributed by atoms with Crippen LogP contribution in [0.2, 0.25) is 0 Å². The molecule has 0 fully saturated rings. The summed E-state index contributed by atoms with van der Waals surface area (Å²) in [6, 6.07) is 0. The number of nitrogens with zero attached hydrogens (tertiary/aromatic N) is 1. The maximum atomic E-state index is 3.50. The molecule has 0 aliphatic rings. The van der Waals surface area contributed by atoms with Gasteiger partial charge in [0.15, 0.2) is 0 Å². The predicted molar refractivity (Wildman–Crippen MR) is 96.1 cm³/mol. The summed E-state index contributed by atoms with van der Waals surface area (Å²) in [6.07, 6.45) is 12.5.